The monoisotopic (exact) mass is 331 g/mol. The minimum atomic E-state index is -0.646. The summed E-state index contributed by atoms with van der Waals surface area (Å²) in [4.78, 5) is 27.1. The maximum absolute atomic E-state index is 12.1. The highest BCUT2D eigenvalue weighted by atomic mass is 35.5. The fraction of sp³-hybridized carbons (Fsp3) is 0.0909. The van der Waals surface area contributed by atoms with Crippen molar-refractivity contribution in [2.24, 2.45) is 0 Å². The minimum absolute atomic E-state index is 0.0388. The SMILES string of the molecule is Cc1cnc(NC(=O)c2cc([N+](=O)[O-])cc(Cl)c2Cl)s1. The number of aromatic nitrogens is 1. The predicted octanol–water partition coefficient (Wildman–Crippen LogP) is 3.92. The molecule has 2 rings (SSSR count). The lowest BCUT2D eigenvalue weighted by Crippen LogP contribution is -2.12. The van der Waals surface area contributed by atoms with Crippen LogP contribution >= 0.6 is 34.5 Å². The lowest BCUT2D eigenvalue weighted by molar-refractivity contribution is -0.384. The summed E-state index contributed by atoms with van der Waals surface area (Å²) in [6, 6.07) is 2.16. The third-order valence-corrected chi connectivity index (χ3v) is 3.94. The lowest BCUT2D eigenvalue weighted by atomic mass is 10.2. The first-order valence-corrected chi connectivity index (χ1v) is 6.83. The molecule has 0 fully saturated rings. The molecule has 0 spiro atoms. The molecule has 104 valence electrons. The third-order valence-electron chi connectivity index (χ3n) is 2.31. The zero-order chi connectivity index (χ0) is 14.9. The Morgan fingerprint density at radius 2 is 2.15 bits per heavy atom. The highest BCUT2D eigenvalue weighted by molar-refractivity contribution is 7.15. The molecule has 0 aliphatic carbocycles. The van der Waals surface area contributed by atoms with Crippen molar-refractivity contribution in [3.8, 4) is 0 Å². The van der Waals surface area contributed by atoms with Gasteiger partial charge in [-0.05, 0) is 6.92 Å². The Balaban J connectivity index is 2.36. The number of amides is 1. The summed E-state index contributed by atoms with van der Waals surface area (Å²) in [5.74, 6) is -0.602. The number of rotatable bonds is 3. The molecule has 0 aliphatic heterocycles. The van der Waals surface area contributed by atoms with Crippen LogP contribution in [0.15, 0.2) is 18.3 Å². The molecule has 0 bridgehead atoms. The van der Waals surface area contributed by atoms with Gasteiger partial charge in [0.2, 0.25) is 0 Å². The van der Waals surface area contributed by atoms with Gasteiger partial charge in [0.15, 0.2) is 5.13 Å². The second kappa shape index (κ2) is 5.74. The van der Waals surface area contributed by atoms with E-state index in [0.29, 0.717) is 5.13 Å². The van der Waals surface area contributed by atoms with Crippen LogP contribution in [0.2, 0.25) is 10.0 Å². The van der Waals surface area contributed by atoms with Crippen LogP contribution in [0.25, 0.3) is 0 Å². The molecule has 20 heavy (non-hydrogen) atoms. The number of non-ortho nitro benzene ring substituents is 1. The summed E-state index contributed by atoms with van der Waals surface area (Å²) in [6.07, 6.45) is 1.60. The first kappa shape index (κ1) is 14.7. The van der Waals surface area contributed by atoms with E-state index in [1.807, 2.05) is 6.92 Å². The number of anilines is 1. The van der Waals surface area contributed by atoms with E-state index >= 15 is 0 Å². The summed E-state index contributed by atoms with van der Waals surface area (Å²) in [5.41, 5.74) is -0.376. The number of carbonyl (C=O) groups is 1. The summed E-state index contributed by atoms with van der Waals surface area (Å²) in [7, 11) is 0. The van der Waals surface area contributed by atoms with Crippen LogP contribution in [0.4, 0.5) is 10.8 Å². The summed E-state index contributed by atoms with van der Waals surface area (Å²) in [6.45, 7) is 1.84. The van der Waals surface area contributed by atoms with Gasteiger partial charge in [-0.25, -0.2) is 4.98 Å². The van der Waals surface area contributed by atoms with Gasteiger partial charge in [-0.3, -0.25) is 20.2 Å². The Morgan fingerprint density at radius 3 is 2.70 bits per heavy atom. The molecule has 0 saturated carbocycles. The number of nitrogens with one attached hydrogen (secondary N) is 1. The molecule has 1 amide bonds. The van der Waals surface area contributed by atoms with Crippen LogP contribution < -0.4 is 5.32 Å². The quantitative estimate of drug-likeness (QED) is 0.682. The van der Waals surface area contributed by atoms with Crippen LogP contribution in [0, 0.1) is 17.0 Å². The second-order valence-electron chi connectivity index (χ2n) is 3.78. The van der Waals surface area contributed by atoms with Gasteiger partial charge in [0.1, 0.15) is 0 Å². The molecule has 0 unspecified atom stereocenters. The maximum Gasteiger partial charge on any atom is 0.271 e. The zero-order valence-corrected chi connectivity index (χ0v) is 12.3. The summed E-state index contributed by atoms with van der Waals surface area (Å²) < 4.78 is 0. The van der Waals surface area contributed by atoms with Gasteiger partial charge in [0.25, 0.3) is 11.6 Å². The van der Waals surface area contributed by atoms with E-state index in [1.165, 1.54) is 11.3 Å². The molecule has 1 aromatic carbocycles. The van der Waals surface area contributed by atoms with Gasteiger partial charge in [-0.15, -0.1) is 11.3 Å². The number of carbonyl (C=O) groups excluding carboxylic acids is 1. The Morgan fingerprint density at radius 1 is 1.45 bits per heavy atom. The molecule has 0 radical (unpaired) electrons. The smallest absolute Gasteiger partial charge is 0.271 e. The Hall–Kier alpha value is -1.70. The second-order valence-corrected chi connectivity index (χ2v) is 5.80. The van der Waals surface area contributed by atoms with Crippen molar-refractivity contribution in [2.45, 2.75) is 6.92 Å². The highest BCUT2D eigenvalue weighted by Crippen LogP contribution is 2.31. The molecule has 0 atom stereocenters. The minimum Gasteiger partial charge on any atom is -0.298 e. The number of hydrogen-bond donors (Lipinski definition) is 1. The predicted molar refractivity (Wildman–Crippen MR) is 77.9 cm³/mol. The van der Waals surface area contributed by atoms with Crippen molar-refractivity contribution >= 4 is 51.3 Å². The van der Waals surface area contributed by atoms with Crippen molar-refractivity contribution in [2.75, 3.05) is 5.32 Å². The van der Waals surface area contributed by atoms with Crippen molar-refractivity contribution in [1.29, 1.82) is 0 Å². The first-order valence-electron chi connectivity index (χ1n) is 5.25. The van der Waals surface area contributed by atoms with Crippen LogP contribution in [0.5, 0.6) is 0 Å². The molecule has 1 heterocycles. The third kappa shape index (κ3) is 3.06. The summed E-state index contributed by atoms with van der Waals surface area (Å²) in [5, 5.41) is 13.6. The van der Waals surface area contributed by atoms with Crippen molar-refractivity contribution in [1.82, 2.24) is 4.98 Å². The fourth-order valence-corrected chi connectivity index (χ4v) is 2.49. The molecular weight excluding hydrogens is 325 g/mol. The van der Waals surface area contributed by atoms with Gasteiger partial charge in [0, 0.05) is 23.2 Å². The number of halogens is 2. The number of hydrogen-bond acceptors (Lipinski definition) is 5. The van der Waals surface area contributed by atoms with Crippen LogP contribution in [-0.2, 0) is 0 Å². The Kier molecular flexibility index (Phi) is 4.22. The Labute approximate surface area is 127 Å². The fourth-order valence-electron chi connectivity index (χ4n) is 1.42. The van der Waals surface area contributed by atoms with Gasteiger partial charge < -0.3 is 0 Å². The van der Waals surface area contributed by atoms with Crippen LogP contribution in [0.3, 0.4) is 0 Å². The molecule has 0 aliphatic rings. The van der Waals surface area contributed by atoms with Crippen molar-refractivity contribution in [3.63, 3.8) is 0 Å². The van der Waals surface area contributed by atoms with Crippen LogP contribution in [-0.4, -0.2) is 15.8 Å². The Bertz CT molecular complexity index is 702. The topological polar surface area (TPSA) is 85.1 Å². The molecule has 9 heteroatoms. The first-order chi connectivity index (χ1) is 9.38. The summed E-state index contributed by atoms with van der Waals surface area (Å²) >= 11 is 13.0. The normalized spacial score (nSPS) is 10.3. The lowest BCUT2D eigenvalue weighted by Gasteiger charge is -2.05. The average Bonchev–Trinajstić information content (AvgIpc) is 2.77. The van der Waals surface area contributed by atoms with Crippen molar-refractivity contribution in [3.05, 3.63) is 48.9 Å². The molecule has 1 aromatic heterocycles. The maximum atomic E-state index is 12.1. The van der Waals surface area contributed by atoms with E-state index in [2.05, 4.69) is 10.3 Å². The molecule has 0 saturated heterocycles. The van der Waals surface area contributed by atoms with Gasteiger partial charge in [0.05, 0.1) is 20.5 Å². The van der Waals surface area contributed by atoms with Crippen LogP contribution in [0.1, 0.15) is 15.2 Å². The number of benzene rings is 1. The largest absolute Gasteiger partial charge is 0.298 e. The van der Waals surface area contributed by atoms with Gasteiger partial charge in [-0.2, -0.15) is 0 Å². The van der Waals surface area contributed by atoms with Crippen molar-refractivity contribution < 1.29 is 9.72 Å². The highest BCUT2D eigenvalue weighted by Gasteiger charge is 2.20. The number of nitrogens with zero attached hydrogens (tertiary/aromatic N) is 2. The van der Waals surface area contributed by atoms with E-state index in [4.69, 9.17) is 23.2 Å². The number of aryl methyl sites for hydroxylation is 1. The molecular formula is C11H7Cl2N3O3S. The van der Waals surface area contributed by atoms with E-state index in [0.717, 1.165) is 17.0 Å². The van der Waals surface area contributed by atoms with Gasteiger partial charge in [-0.1, -0.05) is 23.2 Å². The number of nitro groups is 1. The number of thiazole rings is 1. The molecule has 1 N–H and O–H groups in total. The van der Waals surface area contributed by atoms with E-state index in [1.54, 1.807) is 6.20 Å². The standard InChI is InChI=1S/C11H7Cl2N3O3S/c1-5-4-14-11(20-5)15-10(17)7-2-6(16(18)19)3-8(12)9(7)13/h2-4H,1H3,(H,14,15,17). The van der Waals surface area contributed by atoms with E-state index in [9.17, 15) is 14.9 Å². The average molecular weight is 332 g/mol. The molecule has 2 aromatic rings. The van der Waals surface area contributed by atoms with E-state index < -0.39 is 10.8 Å². The number of nitro benzene ring substituents is 1. The molecule has 6 nitrogen and oxygen atoms in total. The van der Waals surface area contributed by atoms with E-state index in [-0.39, 0.29) is 21.3 Å². The zero-order valence-electron chi connectivity index (χ0n) is 10.0. The van der Waals surface area contributed by atoms with Gasteiger partial charge >= 0.3 is 0 Å².